The number of nitrogens with one attached hydrogen (secondary N) is 1. The fraction of sp³-hybridized carbons (Fsp3) is 0.667. The summed E-state index contributed by atoms with van der Waals surface area (Å²) in [5.74, 6) is 1.67. The Hall–Kier alpha value is -1.75. The third-order valence-corrected chi connectivity index (χ3v) is 4.79. The van der Waals surface area contributed by atoms with Crippen LogP contribution in [-0.2, 0) is 16.0 Å². The largest absolute Gasteiger partial charge is 0.497 e. The first-order valence-electron chi connectivity index (χ1n) is 9.49. The van der Waals surface area contributed by atoms with E-state index in [1.807, 2.05) is 32.9 Å². The van der Waals surface area contributed by atoms with Crippen LogP contribution in [0.2, 0.25) is 0 Å². The molecule has 1 fully saturated rings. The summed E-state index contributed by atoms with van der Waals surface area (Å²) in [5, 5.41) is 3.62. The molecule has 5 heteroatoms. The molecule has 5 nitrogen and oxygen atoms in total. The summed E-state index contributed by atoms with van der Waals surface area (Å²) < 4.78 is 16.2. The van der Waals surface area contributed by atoms with Gasteiger partial charge in [0.05, 0.1) is 20.1 Å². The zero-order chi connectivity index (χ0) is 19.2. The van der Waals surface area contributed by atoms with Crippen LogP contribution < -0.4 is 14.8 Å². The van der Waals surface area contributed by atoms with Gasteiger partial charge < -0.3 is 19.5 Å². The Morgan fingerprint density at radius 1 is 1.12 bits per heavy atom. The summed E-state index contributed by atoms with van der Waals surface area (Å²) >= 11 is 0. The van der Waals surface area contributed by atoms with Crippen LogP contribution in [-0.4, -0.2) is 38.4 Å². The predicted molar refractivity (Wildman–Crippen MR) is 103 cm³/mol. The van der Waals surface area contributed by atoms with Gasteiger partial charge in [-0.1, -0.05) is 6.07 Å². The average molecular weight is 363 g/mol. The van der Waals surface area contributed by atoms with Crippen molar-refractivity contribution in [2.75, 3.05) is 20.8 Å². The summed E-state index contributed by atoms with van der Waals surface area (Å²) in [6.07, 6.45) is 4.74. The van der Waals surface area contributed by atoms with Gasteiger partial charge in [0, 0.05) is 12.1 Å². The molecule has 0 bridgehead atoms. The standard InChI is InChI=1S/C21H33NO4/c1-21(2,3)26-20(23)16-6-9-17(10-7-16)22-13-12-15-8-11-18(24-4)14-19(15)25-5/h8,11,14,16-17,22H,6-7,9-10,12-13H2,1-5H3. The van der Waals surface area contributed by atoms with E-state index in [1.165, 1.54) is 5.56 Å². The lowest BCUT2D eigenvalue weighted by Gasteiger charge is -2.30. The summed E-state index contributed by atoms with van der Waals surface area (Å²) in [6, 6.07) is 6.40. The van der Waals surface area contributed by atoms with Crippen LogP contribution in [0.4, 0.5) is 0 Å². The molecule has 0 atom stereocenters. The quantitative estimate of drug-likeness (QED) is 0.748. The van der Waals surface area contributed by atoms with E-state index in [1.54, 1.807) is 14.2 Å². The summed E-state index contributed by atoms with van der Waals surface area (Å²) in [5.41, 5.74) is 0.770. The second kappa shape index (κ2) is 9.26. The first-order chi connectivity index (χ1) is 12.3. The van der Waals surface area contributed by atoms with Crippen LogP contribution in [0.25, 0.3) is 0 Å². The van der Waals surface area contributed by atoms with Crippen LogP contribution in [0.1, 0.15) is 52.0 Å². The molecule has 0 amide bonds. The van der Waals surface area contributed by atoms with E-state index in [0.717, 1.165) is 50.1 Å². The molecule has 1 N–H and O–H groups in total. The van der Waals surface area contributed by atoms with Crippen molar-refractivity contribution in [2.45, 2.75) is 64.5 Å². The highest BCUT2D eigenvalue weighted by Crippen LogP contribution is 2.28. The van der Waals surface area contributed by atoms with Crippen molar-refractivity contribution >= 4 is 5.97 Å². The Bertz CT molecular complexity index is 586. The van der Waals surface area contributed by atoms with Crippen LogP contribution in [0.5, 0.6) is 11.5 Å². The van der Waals surface area contributed by atoms with E-state index in [4.69, 9.17) is 14.2 Å². The molecule has 0 spiro atoms. The van der Waals surface area contributed by atoms with Gasteiger partial charge in [-0.3, -0.25) is 4.79 Å². The predicted octanol–water partition coefficient (Wildman–Crippen LogP) is 3.74. The van der Waals surface area contributed by atoms with Crippen molar-refractivity contribution in [3.8, 4) is 11.5 Å². The number of ether oxygens (including phenoxy) is 3. The molecule has 0 radical (unpaired) electrons. The van der Waals surface area contributed by atoms with Gasteiger partial charge in [0.15, 0.2) is 0 Å². The highest BCUT2D eigenvalue weighted by atomic mass is 16.6. The number of esters is 1. The molecule has 0 unspecified atom stereocenters. The number of carbonyl (C=O) groups excluding carboxylic acids is 1. The second-order valence-corrected chi connectivity index (χ2v) is 7.96. The third kappa shape index (κ3) is 6.20. The van der Waals surface area contributed by atoms with Gasteiger partial charge in [0.25, 0.3) is 0 Å². The topological polar surface area (TPSA) is 56.8 Å². The Kier molecular flexibility index (Phi) is 7.33. The minimum atomic E-state index is -0.399. The lowest BCUT2D eigenvalue weighted by atomic mass is 9.86. The van der Waals surface area contributed by atoms with E-state index in [9.17, 15) is 4.79 Å². The van der Waals surface area contributed by atoms with E-state index in [2.05, 4.69) is 11.4 Å². The van der Waals surface area contributed by atoms with Crippen molar-refractivity contribution < 1.29 is 19.0 Å². The molecule has 0 saturated heterocycles. The van der Waals surface area contributed by atoms with E-state index >= 15 is 0 Å². The summed E-state index contributed by atoms with van der Waals surface area (Å²) in [4.78, 5) is 12.2. The van der Waals surface area contributed by atoms with Crippen molar-refractivity contribution in [2.24, 2.45) is 5.92 Å². The number of benzene rings is 1. The lowest BCUT2D eigenvalue weighted by molar-refractivity contribution is -0.161. The first-order valence-corrected chi connectivity index (χ1v) is 9.49. The number of hydrogen-bond donors (Lipinski definition) is 1. The molecular weight excluding hydrogens is 330 g/mol. The number of hydrogen-bond acceptors (Lipinski definition) is 5. The summed E-state index contributed by atoms with van der Waals surface area (Å²) in [7, 11) is 3.34. The fourth-order valence-electron chi connectivity index (χ4n) is 3.39. The van der Waals surface area contributed by atoms with Crippen molar-refractivity contribution in [1.82, 2.24) is 5.32 Å². The molecule has 1 aliphatic carbocycles. The fourth-order valence-corrected chi connectivity index (χ4v) is 3.39. The van der Waals surface area contributed by atoms with Crippen molar-refractivity contribution in [3.05, 3.63) is 23.8 Å². The Morgan fingerprint density at radius 2 is 1.81 bits per heavy atom. The molecule has 2 rings (SSSR count). The maximum absolute atomic E-state index is 12.2. The molecule has 1 aliphatic rings. The van der Waals surface area contributed by atoms with Gasteiger partial charge in [-0.15, -0.1) is 0 Å². The normalized spacial score (nSPS) is 20.5. The van der Waals surface area contributed by atoms with Gasteiger partial charge in [-0.2, -0.15) is 0 Å². The Morgan fingerprint density at radius 3 is 2.38 bits per heavy atom. The van der Waals surface area contributed by atoms with Gasteiger partial charge >= 0.3 is 5.97 Å². The first kappa shape index (κ1) is 20.6. The van der Waals surface area contributed by atoms with Gasteiger partial charge in [0.1, 0.15) is 17.1 Å². The molecule has 0 aliphatic heterocycles. The Balaban J connectivity index is 1.75. The monoisotopic (exact) mass is 363 g/mol. The number of rotatable bonds is 7. The molecule has 0 aromatic heterocycles. The zero-order valence-electron chi connectivity index (χ0n) is 16.8. The number of carbonyl (C=O) groups is 1. The van der Waals surface area contributed by atoms with Crippen LogP contribution in [0.15, 0.2) is 18.2 Å². The maximum atomic E-state index is 12.2. The maximum Gasteiger partial charge on any atom is 0.309 e. The lowest BCUT2D eigenvalue weighted by Crippen LogP contribution is -2.37. The van der Waals surface area contributed by atoms with Crippen molar-refractivity contribution in [3.63, 3.8) is 0 Å². The van der Waals surface area contributed by atoms with Crippen LogP contribution in [0, 0.1) is 5.92 Å². The van der Waals surface area contributed by atoms with Gasteiger partial charge in [-0.05, 0) is 71.0 Å². The molecule has 1 saturated carbocycles. The van der Waals surface area contributed by atoms with Gasteiger partial charge in [0.2, 0.25) is 0 Å². The molecule has 0 heterocycles. The minimum Gasteiger partial charge on any atom is -0.497 e. The third-order valence-electron chi connectivity index (χ3n) is 4.79. The minimum absolute atomic E-state index is 0.0427. The summed E-state index contributed by atoms with van der Waals surface area (Å²) in [6.45, 7) is 6.66. The van der Waals surface area contributed by atoms with Crippen molar-refractivity contribution in [1.29, 1.82) is 0 Å². The molecule has 1 aromatic rings. The molecule has 26 heavy (non-hydrogen) atoms. The van der Waals surface area contributed by atoms with E-state index < -0.39 is 5.60 Å². The second-order valence-electron chi connectivity index (χ2n) is 7.96. The van der Waals surface area contributed by atoms with Gasteiger partial charge in [-0.25, -0.2) is 0 Å². The highest BCUT2D eigenvalue weighted by Gasteiger charge is 2.29. The molecule has 1 aromatic carbocycles. The highest BCUT2D eigenvalue weighted by molar-refractivity contribution is 5.73. The molecule has 146 valence electrons. The van der Waals surface area contributed by atoms with Crippen LogP contribution >= 0.6 is 0 Å². The average Bonchev–Trinajstić information content (AvgIpc) is 2.61. The van der Waals surface area contributed by atoms with E-state index in [-0.39, 0.29) is 11.9 Å². The smallest absolute Gasteiger partial charge is 0.309 e. The zero-order valence-corrected chi connectivity index (χ0v) is 16.8. The SMILES string of the molecule is COc1ccc(CCNC2CCC(C(=O)OC(C)(C)C)CC2)c(OC)c1. The molecular formula is C21H33NO4. The van der Waals surface area contributed by atoms with Crippen LogP contribution in [0.3, 0.4) is 0 Å². The van der Waals surface area contributed by atoms with E-state index in [0.29, 0.717) is 6.04 Å². The Labute approximate surface area is 157 Å². The number of methoxy groups -OCH3 is 2.